The molecule has 3 N–H and O–H groups in total. The van der Waals surface area contributed by atoms with Gasteiger partial charge in [-0.3, -0.25) is 9.59 Å². The molecule has 20 heavy (non-hydrogen) atoms. The Labute approximate surface area is 123 Å². The Balaban J connectivity index is 2.71. The fourth-order valence-corrected chi connectivity index (χ4v) is 2.44. The number of carbonyl (C=O) groups is 2. The Morgan fingerprint density at radius 3 is 2.55 bits per heavy atom. The van der Waals surface area contributed by atoms with Crippen molar-refractivity contribution >= 4 is 23.2 Å². The number of carbonyl (C=O) groups excluding carboxylic acids is 2. The van der Waals surface area contributed by atoms with Crippen LogP contribution in [0.3, 0.4) is 0 Å². The Bertz CT molecular complexity index is 455. The van der Waals surface area contributed by atoms with Crippen LogP contribution < -0.4 is 10.6 Å². The van der Waals surface area contributed by atoms with E-state index in [1.807, 2.05) is 17.5 Å². The Kier molecular flexibility index (Phi) is 5.71. The highest BCUT2D eigenvalue weighted by Gasteiger charge is 2.27. The van der Waals surface area contributed by atoms with E-state index in [9.17, 15) is 14.7 Å². The second-order valence-corrected chi connectivity index (χ2v) is 6.40. The number of aliphatic hydroxyl groups excluding tert-OH is 1. The third kappa shape index (κ3) is 4.94. The summed E-state index contributed by atoms with van der Waals surface area (Å²) in [7, 11) is 0. The number of nitrogens with one attached hydrogen (secondary N) is 2. The van der Waals surface area contributed by atoms with Gasteiger partial charge in [0.2, 0.25) is 11.8 Å². The normalized spacial score (nSPS) is 14.4. The van der Waals surface area contributed by atoms with Crippen LogP contribution in [0.1, 0.15) is 45.0 Å². The third-order valence-corrected chi connectivity index (χ3v) is 4.15. The molecule has 0 saturated carbocycles. The van der Waals surface area contributed by atoms with Crippen molar-refractivity contribution in [1.82, 2.24) is 10.6 Å². The van der Waals surface area contributed by atoms with Crippen molar-refractivity contribution in [2.24, 2.45) is 0 Å². The molecule has 0 saturated heterocycles. The van der Waals surface area contributed by atoms with Crippen LogP contribution in [0.25, 0.3) is 0 Å². The second kappa shape index (κ2) is 6.85. The van der Waals surface area contributed by atoms with Crippen LogP contribution in [-0.2, 0) is 9.59 Å². The van der Waals surface area contributed by atoms with Gasteiger partial charge in [0.15, 0.2) is 0 Å². The highest BCUT2D eigenvalue weighted by atomic mass is 32.1. The molecule has 2 amide bonds. The lowest BCUT2D eigenvalue weighted by molar-refractivity contribution is -0.125. The van der Waals surface area contributed by atoms with Gasteiger partial charge in [-0.15, -0.1) is 11.3 Å². The zero-order valence-electron chi connectivity index (χ0n) is 12.3. The molecule has 6 heteroatoms. The number of rotatable bonds is 6. The van der Waals surface area contributed by atoms with E-state index >= 15 is 0 Å². The van der Waals surface area contributed by atoms with Crippen LogP contribution in [0.2, 0.25) is 0 Å². The summed E-state index contributed by atoms with van der Waals surface area (Å²) in [6.07, 6.45) is -0.511. The van der Waals surface area contributed by atoms with E-state index in [0.29, 0.717) is 0 Å². The van der Waals surface area contributed by atoms with Gasteiger partial charge < -0.3 is 15.7 Å². The molecule has 2 unspecified atom stereocenters. The van der Waals surface area contributed by atoms with Crippen LogP contribution >= 0.6 is 11.3 Å². The third-order valence-electron chi connectivity index (χ3n) is 3.16. The zero-order valence-corrected chi connectivity index (χ0v) is 13.1. The number of amides is 2. The predicted molar refractivity (Wildman–Crippen MR) is 79.4 cm³/mol. The van der Waals surface area contributed by atoms with Crippen LogP contribution in [-0.4, -0.2) is 28.6 Å². The molecule has 0 aliphatic rings. The minimum absolute atomic E-state index is 0.149. The molecule has 0 aliphatic carbocycles. The summed E-state index contributed by atoms with van der Waals surface area (Å²) in [6.45, 7) is 6.57. The van der Waals surface area contributed by atoms with Crippen molar-refractivity contribution in [2.75, 3.05) is 0 Å². The number of aliphatic hydroxyl groups is 1. The fraction of sp³-hybridized carbons (Fsp3) is 0.571. The van der Waals surface area contributed by atoms with Gasteiger partial charge in [0.1, 0.15) is 0 Å². The summed E-state index contributed by atoms with van der Waals surface area (Å²) in [5.41, 5.74) is -0.701. The van der Waals surface area contributed by atoms with Gasteiger partial charge in [-0.2, -0.15) is 0 Å². The van der Waals surface area contributed by atoms with Gasteiger partial charge in [-0.25, -0.2) is 0 Å². The van der Waals surface area contributed by atoms with Gasteiger partial charge in [0.05, 0.1) is 24.1 Å². The standard InChI is InChI=1S/C14H22N2O3S/c1-9(17)14(3,4)16-13(19)8-11(15-10(2)18)12-6-5-7-20-12/h5-7,9,11,17H,8H2,1-4H3,(H,15,18)(H,16,19). The average molecular weight is 298 g/mol. The fourth-order valence-electron chi connectivity index (χ4n) is 1.66. The van der Waals surface area contributed by atoms with Crippen LogP contribution in [0.15, 0.2) is 17.5 Å². The van der Waals surface area contributed by atoms with E-state index < -0.39 is 11.6 Å². The second-order valence-electron chi connectivity index (χ2n) is 5.42. The lowest BCUT2D eigenvalue weighted by atomic mass is 9.98. The monoisotopic (exact) mass is 298 g/mol. The summed E-state index contributed by atoms with van der Waals surface area (Å²) in [5.74, 6) is -0.381. The number of thiophene rings is 1. The van der Waals surface area contributed by atoms with Crippen molar-refractivity contribution in [3.05, 3.63) is 22.4 Å². The van der Waals surface area contributed by atoms with Crippen molar-refractivity contribution in [1.29, 1.82) is 0 Å². The summed E-state index contributed by atoms with van der Waals surface area (Å²) in [4.78, 5) is 24.3. The first-order chi connectivity index (χ1) is 9.22. The summed E-state index contributed by atoms with van der Waals surface area (Å²) in [5, 5.41) is 17.1. The highest BCUT2D eigenvalue weighted by Crippen LogP contribution is 2.22. The molecule has 0 aromatic carbocycles. The molecule has 5 nitrogen and oxygen atoms in total. The smallest absolute Gasteiger partial charge is 0.222 e. The quantitative estimate of drug-likeness (QED) is 0.746. The SMILES string of the molecule is CC(=O)NC(CC(=O)NC(C)(C)C(C)O)c1cccs1. The molecule has 112 valence electrons. The van der Waals surface area contributed by atoms with Crippen LogP contribution in [0, 0.1) is 0 Å². The van der Waals surface area contributed by atoms with Crippen LogP contribution in [0.5, 0.6) is 0 Å². The number of hydrogen-bond acceptors (Lipinski definition) is 4. The molecule has 0 bridgehead atoms. The largest absolute Gasteiger partial charge is 0.391 e. The lowest BCUT2D eigenvalue weighted by Gasteiger charge is -2.30. The highest BCUT2D eigenvalue weighted by molar-refractivity contribution is 7.10. The molecule has 0 radical (unpaired) electrons. The minimum Gasteiger partial charge on any atom is -0.391 e. The Morgan fingerprint density at radius 1 is 1.45 bits per heavy atom. The van der Waals surface area contributed by atoms with Crippen molar-refractivity contribution in [3.8, 4) is 0 Å². The van der Waals surface area contributed by atoms with Crippen molar-refractivity contribution in [3.63, 3.8) is 0 Å². The summed E-state index contributed by atoms with van der Waals surface area (Å²) in [6, 6.07) is 3.43. The number of hydrogen-bond donors (Lipinski definition) is 3. The molecule has 1 rings (SSSR count). The first kappa shape index (κ1) is 16.7. The maximum Gasteiger partial charge on any atom is 0.222 e. The lowest BCUT2D eigenvalue weighted by Crippen LogP contribution is -2.51. The van der Waals surface area contributed by atoms with Crippen molar-refractivity contribution < 1.29 is 14.7 Å². The molecule has 0 aliphatic heterocycles. The molecule has 2 atom stereocenters. The first-order valence-electron chi connectivity index (χ1n) is 6.52. The minimum atomic E-state index is -0.701. The van der Waals surface area contributed by atoms with E-state index in [-0.39, 0.29) is 24.3 Å². The average Bonchev–Trinajstić information content (AvgIpc) is 2.79. The van der Waals surface area contributed by atoms with Crippen LogP contribution in [0.4, 0.5) is 0 Å². The maximum atomic E-state index is 12.1. The summed E-state index contributed by atoms with van der Waals surface area (Å²) >= 11 is 1.50. The predicted octanol–water partition coefficient (Wildman–Crippen LogP) is 1.59. The zero-order chi connectivity index (χ0) is 15.3. The van der Waals surface area contributed by atoms with E-state index in [4.69, 9.17) is 0 Å². The Morgan fingerprint density at radius 2 is 2.10 bits per heavy atom. The van der Waals surface area contributed by atoms with E-state index in [1.165, 1.54) is 18.3 Å². The van der Waals surface area contributed by atoms with E-state index in [2.05, 4.69) is 10.6 Å². The Hall–Kier alpha value is -1.40. The molecule has 1 heterocycles. The molecule has 0 fully saturated rings. The van der Waals surface area contributed by atoms with Gasteiger partial charge in [-0.05, 0) is 32.2 Å². The molecule has 1 aromatic rings. The maximum absolute atomic E-state index is 12.1. The van der Waals surface area contributed by atoms with Gasteiger partial charge >= 0.3 is 0 Å². The molecule has 0 spiro atoms. The van der Waals surface area contributed by atoms with Crippen molar-refractivity contribution in [2.45, 2.75) is 51.8 Å². The molecular formula is C14H22N2O3S. The first-order valence-corrected chi connectivity index (χ1v) is 7.40. The van der Waals surface area contributed by atoms with E-state index in [1.54, 1.807) is 20.8 Å². The molecule has 1 aromatic heterocycles. The van der Waals surface area contributed by atoms with Gasteiger partial charge in [-0.1, -0.05) is 6.07 Å². The summed E-state index contributed by atoms with van der Waals surface area (Å²) < 4.78 is 0. The molecular weight excluding hydrogens is 276 g/mol. The van der Waals surface area contributed by atoms with Gasteiger partial charge in [0, 0.05) is 11.8 Å². The van der Waals surface area contributed by atoms with E-state index in [0.717, 1.165) is 4.88 Å². The topological polar surface area (TPSA) is 78.4 Å². The van der Waals surface area contributed by atoms with Gasteiger partial charge in [0.25, 0.3) is 0 Å².